The second-order valence-electron chi connectivity index (χ2n) is 6.71. The molecule has 3 rings (SSSR count). The normalized spacial score (nSPS) is 13.3. The van der Waals surface area contributed by atoms with E-state index in [0.717, 1.165) is 24.0 Å². The van der Waals surface area contributed by atoms with Crippen molar-refractivity contribution in [3.63, 3.8) is 0 Å². The third-order valence-electron chi connectivity index (χ3n) is 5.18. The lowest BCUT2D eigenvalue weighted by Gasteiger charge is -2.20. The van der Waals surface area contributed by atoms with Crippen molar-refractivity contribution in [3.05, 3.63) is 95.1 Å². The Kier molecular flexibility index (Phi) is 5.62. The summed E-state index contributed by atoms with van der Waals surface area (Å²) in [4.78, 5) is 0. The van der Waals surface area contributed by atoms with Crippen molar-refractivity contribution in [2.75, 3.05) is 0 Å². The summed E-state index contributed by atoms with van der Waals surface area (Å²) in [6.07, 6.45) is 1.85. The maximum Gasteiger partial charge on any atom is 0.119 e. The number of phenolic OH excluding ortho intramolecular Hbond substituents is 2. The van der Waals surface area contributed by atoms with E-state index in [2.05, 4.69) is 38.1 Å². The first-order valence-corrected chi connectivity index (χ1v) is 9.31. The van der Waals surface area contributed by atoms with E-state index in [1.165, 1.54) is 11.1 Å². The summed E-state index contributed by atoms with van der Waals surface area (Å²) in [7, 11) is 0. The van der Waals surface area contributed by atoms with Crippen molar-refractivity contribution in [2.45, 2.75) is 38.5 Å². The van der Waals surface area contributed by atoms with Crippen LogP contribution < -0.4 is 0 Å². The molecule has 0 aromatic heterocycles. The third kappa shape index (κ3) is 3.60. The number of rotatable bonds is 6. The van der Waals surface area contributed by atoms with Crippen LogP contribution in [-0.4, -0.2) is 10.2 Å². The highest BCUT2D eigenvalue weighted by atomic mass is 16.3. The van der Waals surface area contributed by atoms with Gasteiger partial charge in [-0.1, -0.05) is 74.5 Å². The molecule has 0 aliphatic rings. The standard InChI is InChI=1S/C24H26O2/c1-3-19(21-9-5-7-11-23(21)25)17-13-15-18(16-14-17)20(4-2)22-10-6-8-12-24(22)26/h5-16,19-20,25-26H,3-4H2,1-2H3. The molecule has 134 valence electrons. The molecular weight excluding hydrogens is 320 g/mol. The molecule has 0 radical (unpaired) electrons. The largest absolute Gasteiger partial charge is 0.508 e. The van der Waals surface area contributed by atoms with E-state index >= 15 is 0 Å². The fourth-order valence-electron chi connectivity index (χ4n) is 3.80. The molecule has 2 atom stereocenters. The fraction of sp³-hybridized carbons (Fsp3) is 0.250. The van der Waals surface area contributed by atoms with Gasteiger partial charge in [0.1, 0.15) is 11.5 Å². The van der Waals surface area contributed by atoms with Gasteiger partial charge in [0, 0.05) is 23.0 Å². The summed E-state index contributed by atoms with van der Waals surface area (Å²) in [6, 6.07) is 23.7. The van der Waals surface area contributed by atoms with Gasteiger partial charge in [-0.15, -0.1) is 0 Å². The number of para-hydroxylation sites is 2. The van der Waals surface area contributed by atoms with Crippen LogP contribution in [0.3, 0.4) is 0 Å². The Bertz CT molecular complexity index is 780. The van der Waals surface area contributed by atoms with Crippen LogP contribution in [0, 0.1) is 0 Å². The molecule has 0 spiro atoms. The van der Waals surface area contributed by atoms with Crippen LogP contribution in [0.5, 0.6) is 11.5 Å². The van der Waals surface area contributed by atoms with Crippen molar-refractivity contribution in [1.29, 1.82) is 0 Å². The lowest BCUT2D eigenvalue weighted by atomic mass is 9.84. The molecule has 0 aliphatic heterocycles. The molecule has 2 unspecified atom stereocenters. The Balaban J connectivity index is 1.92. The Morgan fingerprint density at radius 2 is 0.923 bits per heavy atom. The minimum absolute atomic E-state index is 0.176. The number of hydrogen-bond donors (Lipinski definition) is 2. The van der Waals surface area contributed by atoms with Crippen LogP contribution in [0.25, 0.3) is 0 Å². The van der Waals surface area contributed by atoms with Gasteiger partial charge in [-0.05, 0) is 36.1 Å². The van der Waals surface area contributed by atoms with Crippen LogP contribution in [0.4, 0.5) is 0 Å². The van der Waals surface area contributed by atoms with Gasteiger partial charge < -0.3 is 10.2 Å². The van der Waals surface area contributed by atoms with E-state index in [4.69, 9.17) is 0 Å². The Morgan fingerprint density at radius 1 is 0.577 bits per heavy atom. The Hall–Kier alpha value is -2.74. The molecule has 0 aliphatic carbocycles. The molecule has 0 amide bonds. The predicted molar refractivity (Wildman–Crippen MR) is 107 cm³/mol. The van der Waals surface area contributed by atoms with E-state index in [1.807, 2.05) is 36.4 Å². The first-order chi connectivity index (χ1) is 12.7. The van der Waals surface area contributed by atoms with E-state index in [0.29, 0.717) is 11.5 Å². The molecule has 0 saturated heterocycles. The summed E-state index contributed by atoms with van der Waals surface area (Å²) < 4.78 is 0. The molecular formula is C24H26O2. The average Bonchev–Trinajstić information content (AvgIpc) is 2.67. The number of hydrogen-bond acceptors (Lipinski definition) is 2. The molecule has 2 heteroatoms. The molecule has 0 fully saturated rings. The van der Waals surface area contributed by atoms with Gasteiger partial charge in [-0.2, -0.15) is 0 Å². The zero-order valence-electron chi connectivity index (χ0n) is 15.4. The van der Waals surface area contributed by atoms with Crippen LogP contribution in [0.2, 0.25) is 0 Å². The second-order valence-corrected chi connectivity index (χ2v) is 6.71. The monoisotopic (exact) mass is 346 g/mol. The molecule has 26 heavy (non-hydrogen) atoms. The van der Waals surface area contributed by atoms with Gasteiger partial charge in [0.05, 0.1) is 0 Å². The Labute approximate surface area is 155 Å². The molecule has 3 aromatic rings. The van der Waals surface area contributed by atoms with Crippen molar-refractivity contribution in [2.24, 2.45) is 0 Å². The molecule has 0 bridgehead atoms. The van der Waals surface area contributed by atoms with Gasteiger partial charge in [0.2, 0.25) is 0 Å². The summed E-state index contributed by atoms with van der Waals surface area (Å²) in [5, 5.41) is 20.4. The summed E-state index contributed by atoms with van der Waals surface area (Å²) >= 11 is 0. The van der Waals surface area contributed by atoms with Gasteiger partial charge in [0.25, 0.3) is 0 Å². The van der Waals surface area contributed by atoms with Crippen LogP contribution >= 0.6 is 0 Å². The van der Waals surface area contributed by atoms with Gasteiger partial charge in [-0.3, -0.25) is 0 Å². The first-order valence-electron chi connectivity index (χ1n) is 9.31. The summed E-state index contributed by atoms with van der Waals surface area (Å²) in [6.45, 7) is 4.28. The van der Waals surface area contributed by atoms with Crippen molar-refractivity contribution < 1.29 is 10.2 Å². The number of phenols is 2. The minimum Gasteiger partial charge on any atom is -0.508 e. The highest BCUT2D eigenvalue weighted by Crippen LogP contribution is 2.37. The number of aromatic hydroxyl groups is 2. The zero-order valence-corrected chi connectivity index (χ0v) is 15.4. The highest BCUT2D eigenvalue weighted by Gasteiger charge is 2.18. The quantitative estimate of drug-likeness (QED) is 0.559. The van der Waals surface area contributed by atoms with E-state index in [1.54, 1.807) is 12.1 Å². The lowest BCUT2D eigenvalue weighted by molar-refractivity contribution is 0.463. The topological polar surface area (TPSA) is 40.5 Å². The summed E-state index contributed by atoms with van der Waals surface area (Å²) in [5.74, 6) is 1.05. The molecule has 0 heterocycles. The summed E-state index contributed by atoms with van der Waals surface area (Å²) in [5.41, 5.74) is 4.33. The molecule has 3 aromatic carbocycles. The predicted octanol–water partition coefficient (Wildman–Crippen LogP) is 6.18. The van der Waals surface area contributed by atoms with Crippen molar-refractivity contribution >= 4 is 0 Å². The van der Waals surface area contributed by atoms with Gasteiger partial charge in [0.15, 0.2) is 0 Å². The van der Waals surface area contributed by atoms with Crippen LogP contribution in [-0.2, 0) is 0 Å². The second kappa shape index (κ2) is 8.09. The van der Waals surface area contributed by atoms with Crippen molar-refractivity contribution in [1.82, 2.24) is 0 Å². The Morgan fingerprint density at radius 3 is 1.23 bits per heavy atom. The smallest absolute Gasteiger partial charge is 0.119 e. The molecule has 0 saturated carbocycles. The molecule has 2 nitrogen and oxygen atoms in total. The lowest BCUT2D eigenvalue weighted by Crippen LogP contribution is -2.03. The fourth-order valence-corrected chi connectivity index (χ4v) is 3.80. The van der Waals surface area contributed by atoms with Gasteiger partial charge in [-0.25, -0.2) is 0 Å². The first kappa shape index (κ1) is 18.1. The highest BCUT2D eigenvalue weighted by molar-refractivity contribution is 5.45. The molecule has 2 N–H and O–H groups in total. The van der Waals surface area contributed by atoms with E-state index in [-0.39, 0.29) is 11.8 Å². The SMILES string of the molecule is CCC(c1ccc(C(CC)c2ccccc2O)cc1)c1ccccc1O. The minimum atomic E-state index is 0.176. The average molecular weight is 346 g/mol. The van der Waals surface area contributed by atoms with Gasteiger partial charge >= 0.3 is 0 Å². The zero-order chi connectivity index (χ0) is 18.5. The van der Waals surface area contributed by atoms with E-state index in [9.17, 15) is 10.2 Å². The van der Waals surface area contributed by atoms with Crippen LogP contribution in [0.1, 0.15) is 60.8 Å². The maximum absolute atomic E-state index is 10.2. The van der Waals surface area contributed by atoms with Crippen molar-refractivity contribution in [3.8, 4) is 11.5 Å². The van der Waals surface area contributed by atoms with Crippen LogP contribution in [0.15, 0.2) is 72.8 Å². The number of benzene rings is 3. The maximum atomic E-state index is 10.2. The van der Waals surface area contributed by atoms with E-state index < -0.39 is 0 Å². The third-order valence-corrected chi connectivity index (χ3v) is 5.18.